The first-order valence-corrected chi connectivity index (χ1v) is 5.11. The highest BCUT2D eigenvalue weighted by molar-refractivity contribution is 6.31. The van der Waals surface area contributed by atoms with E-state index in [1.165, 1.54) is 10.8 Å². The quantitative estimate of drug-likeness (QED) is 0.487. The smallest absolute Gasteiger partial charge is 0.0491 e. The number of fused-ring (bicyclic) bond motifs is 2. The van der Waals surface area contributed by atoms with Crippen molar-refractivity contribution >= 4 is 33.1 Å². The largest absolute Gasteiger partial charge is 0.0836 e. The second-order valence-corrected chi connectivity index (χ2v) is 3.94. The van der Waals surface area contributed by atoms with E-state index in [-0.39, 0.29) is 0 Å². The summed E-state index contributed by atoms with van der Waals surface area (Å²) in [7, 11) is 0. The van der Waals surface area contributed by atoms with Gasteiger partial charge in [-0.2, -0.15) is 0 Å². The molecular formula is C14H7Cl. The average Bonchev–Trinajstić information content (AvgIpc) is 2.26. The second kappa shape index (κ2) is 3.25. The van der Waals surface area contributed by atoms with Crippen molar-refractivity contribution in [2.75, 3.05) is 0 Å². The Balaban J connectivity index is 2.47. The molecule has 0 nitrogen and oxygen atoms in total. The van der Waals surface area contributed by atoms with E-state index < -0.39 is 0 Å². The first-order valence-electron chi connectivity index (χ1n) is 4.74. The van der Waals surface area contributed by atoms with E-state index in [4.69, 9.17) is 11.6 Å². The second-order valence-electron chi connectivity index (χ2n) is 3.54. The minimum absolute atomic E-state index is 0.654. The summed E-state index contributed by atoms with van der Waals surface area (Å²) in [6.07, 6.45) is 0. The molecule has 0 aromatic heterocycles. The monoisotopic (exact) mass is 210 g/mol. The summed E-state index contributed by atoms with van der Waals surface area (Å²) >= 11 is 5.91. The molecule has 0 atom stereocenters. The van der Waals surface area contributed by atoms with Crippen molar-refractivity contribution in [3.05, 3.63) is 59.6 Å². The molecule has 0 spiro atoms. The fraction of sp³-hybridized carbons (Fsp3) is 0. The molecule has 70 valence electrons. The molecule has 3 rings (SSSR count). The van der Waals surface area contributed by atoms with Gasteiger partial charge in [0.2, 0.25) is 0 Å². The molecule has 0 saturated carbocycles. The Kier molecular flexibility index (Phi) is 1.90. The molecule has 0 amide bonds. The zero-order valence-corrected chi connectivity index (χ0v) is 8.68. The molecule has 0 heterocycles. The minimum atomic E-state index is 0.654. The first-order chi connectivity index (χ1) is 7.33. The third-order valence-electron chi connectivity index (χ3n) is 2.53. The fourth-order valence-corrected chi connectivity index (χ4v) is 1.96. The van der Waals surface area contributed by atoms with Gasteiger partial charge in [0.15, 0.2) is 0 Å². The van der Waals surface area contributed by atoms with Crippen LogP contribution in [-0.2, 0) is 0 Å². The van der Waals surface area contributed by atoms with Gasteiger partial charge in [-0.05, 0) is 57.9 Å². The number of halogens is 1. The molecule has 0 unspecified atom stereocenters. The SMILES string of the molecule is Clc1[c]cc2cc3cc[c]cc3cc2c1. The molecule has 3 aromatic carbocycles. The molecule has 0 fully saturated rings. The summed E-state index contributed by atoms with van der Waals surface area (Å²) < 4.78 is 0. The molecule has 0 bridgehead atoms. The van der Waals surface area contributed by atoms with E-state index >= 15 is 0 Å². The lowest BCUT2D eigenvalue weighted by Gasteiger charge is -2.01. The molecular weight excluding hydrogens is 204 g/mol. The zero-order valence-electron chi connectivity index (χ0n) is 7.92. The third-order valence-corrected chi connectivity index (χ3v) is 2.75. The van der Waals surface area contributed by atoms with Crippen LogP contribution in [0.1, 0.15) is 0 Å². The number of rotatable bonds is 0. The summed E-state index contributed by atoms with van der Waals surface area (Å²) in [6.45, 7) is 0. The molecule has 0 saturated heterocycles. The van der Waals surface area contributed by atoms with Gasteiger partial charge in [-0.25, -0.2) is 0 Å². The van der Waals surface area contributed by atoms with Gasteiger partial charge in [0.1, 0.15) is 0 Å². The maximum absolute atomic E-state index is 5.91. The van der Waals surface area contributed by atoms with Crippen LogP contribution in [0.25, 0.3) is 21.5 Å². The molecule has 0 N–H and O–H groups in total. The summed E-state index contributed by atoms with van der Waals surface area (Å²) in [4.78, 5) is 0. The molecule has 0 aliphatic rings. The van der Waals surface area contributed by atoms with Crippen molar-refractivity contribution in [3.63, 3.8) is 0 Å². The Morgan fingerprint density at radius 2 is 1.67 bits per heavy atom. The summed E-state index contributed by atoms with van der Waals surface area (Å²) in [5.41, 5.74) is 0. The van der Waals surface area contributed by atoms with E-state index in [0.29, 0.717) is 5.02 Å². The lowest BCUT2D eigenvalue weighted by Crippen LogP contribution is -1.76. The molecule has 15 heavy (non-hydrogen) atoms. The Morgan fingerprint density at radius 3 is 2.60 bits per heavy atom. The zero-order chi connectivity index (χ0) is 10.3. The average molecular weight is 211 g/mol. The highest BCUT2D eigenvalue weighted by Gasteiger charge is 1.98. The van der Waals surface area contributed by atoms with Crippen molar-refractivity contribution in [2.45, 2.75) is 0 Å². The molecule has 2 radical (unpaired) electrons. The Labute approximate surface area is 93.1 Å². The number of benzene rings is 3. The third kappa shape index (κ3) is 1.47. The van der Waals surface area contributed by atoms with E-state index in [1.54, 1.807) is 0 Å². The highest BCUT2D eigenvalue weighted by atomic mass is 35.5. The van der Waals surface area contributed by atoms with Gasteiger partial charge in [-0.1, -0.05) is 23.7 Å². The molecule has 3 aromatic rings. The number of hydrogen-bond donors (Lipinski definition) is 0. The number of hydrogen-bond acceptors (Lipinski definition) is 0. The maximum Gasteiger partial charge on any atom is 0.0491 e. The van der Waals surface area contributed by atoms with Crippen molar-refractivity contribution in [1.29, 1.82) is 0 Å². The Bertz CT molecular complexity index is 641. The predicted molar refractivity (Wildman–Crippen MR) is 64.1 cm³/mol. The normalized spacial score (nSPS) is 11.0. The lowest BCUT2D eigenvalue weighted by atomic mass is 10.0. The van der Waals surface area contributed by atoms with Crippen LogP contribution in [0, 0.1) is 12.1 Å². The minimum Gasteiger partial charge on any atom is -0.0836 e. The Hall–Kier alpha value is -1.53. The van der Waals surface area contributed by atoms with Gasteiger partial charge < -0.3 is 0 Å². The van der Waals surface area contributed by atoms with Crippen LogP contribution in [0.15, 0.2) is 42.5 Å². The van der Waals surface area contributed by atoms with Crippen molar-refractivity contribution in [2.24, 2.45) is 0 Å². The lowest BCUT2D eigenvalue weighted by molar-refractivity contribution is 1.74. The molecule has 0 aliphatic carbocycles. The summed E-state index contributed by atoms with van der Waals surface area (Å²) in [5, 5.41) is 5.37. The van der Waals surface area contributed by atoms with Gasteiger partial charge in [0.05, 0.1) is 0 Å². The fourth-order valence-electron chi connectivity index (χ4n) is 1.79. The van der Waals surface area contributed by atoms with E-state index in [1.807, 2.05) is 24.3 Å². The van der Waals surface area contributed by atoms with Crippen molar-refractivity contribution < 1.29 is 0 Å². The van der Waals surface area contributed by atoms with Crippen LogP contribution >= 0.6 is 11.6 Å². The first kappa shape index (κ1) is 8.75. The van der Waals surface area contributed by atoms with E-state index in [2.05, 4.69) is 30.3 Å². The molecule has 0 aliphatic heterocycles. The van der Waals surface area contributed by atoms with Crippen LogP contribution in [0.5, 0.6) is 0 Å². The summed E-state index contributed by atoms with van der Waals surface area (Å²) in [5.74, 6) is 0. The van der Waals surface area contributed by atoms with Crippen LogP contribution in [0.4, 0.5) is 0 Å². The van der Waals surface area contributed by atoms with Crippen LogP contribution in [0.3, 0.4) is 0 Å². The van der Waals surface area contributed by atoms with Crippen LogP contribution in [-0.4, -0.2) is 0 Å². The topological polar surface area (TPSA) is 0 Å². The van der Waals surface area contributed by atoms with Gasteiger partial charge in [0.25, 0.3) is 0 Å². The predicted octanol–water partition coefficient (Wildman–Crippen LogP) is 4.25. The maximum atomic E-state index is 5.91. The summed E-state index contributed by atoms with van der Waals surface area (Å²) in [6, 6.07) is 20.2. The van der Waals surface area contributed by atoms with E-state index in [9.17, 15) is 0 Å². The van der Waals surface area contributed by atoms with Crippen molar-refractivity contribution in [3.8, 4) is 0 Å². The van der Waals surface area contributed by atoms with Gasteiger partial charge in [0, 0.05) is 11.1 Å². The van der Waals surface area contributed by atoms with Crippen LogP contribution in [0.2, 0.25) is 5.02 Å². The Morgan fingerprint density at radius 1 is 0.867 bits per heavy atom. The van der Waals surface area contributed by atoms with Crippen LogP contribution < -0.4 is 0 Å². The van der Waals surface area contributed by atoms with E-state index in [0.717, 1.165) is 10.8 Å². The van der Waals surface area contributed by atoms with Gasteiger partial charge >= 0.3 is 0 Å². The molecule has 1 heteroatoms. The van der Waals surface area contributed by atoms with Crippen molar-refractivity contribution in [1.82, 2.24) is 0 Å². The van der Waals surface area contributed by atoms with Gasteiger partial charge in [-0.15, -0.1) is 0 Å². The highest BCUT2D eigenvalue weighted by Crippen LogP contribution is 2.24. The van der Waals surface area contributed by atoms with Gasteiger partial charge in [-0.3, -0.25) is 0 Å². The standard InChI is InChI=1S/C14H7Cl/c15-14-6-5-12-7-10-3-1-2-4-11(10)8-13(12)9-14/h1,3-5,7-9H.